The molecule has 2 N–H and O–H groups in total. The number of aromatic nitrogens is 1. The van der Waals surface area contributed by atoms with Gasteiger partial charge in [-0.25, -0.2) is 4.79 Å². The molecular weight excluding hydrogens is 232 g/mol. The molecule has 0 fully saturated rings. The second-order valence-corrected chi connectivity index (χ2v) is 3.86. The largest absolute Gasteiger partial charge is 0.481 e. The van der Waals surface area contributed by atoms with E-state index in [4.69, 9.17) is 9.84 Å². The van der Waals surface area contributed by atoms with Crippen molar-refractivity contribution in [1.82, 2.24) is 4.98 Å². The summed E-state index contributed by atoms with van der Waals surface area (Å²) in [5.74, 6) is -0.221. The molecule has 5 heteroatoms. The lowest BCUT2D eigenvalue weighted by molar-refractivity contribution is 0.0696. The van der Waals surface area contributed by atoms with Crippen LogP contribution in [-0.2, 0) is 0 Å². The van der Waals surface area contributed by atoms with Crippen LogP contribution in [0.2, 0.25) is 0 Å². The van der Waals surface area contributed by atoms with Crippen LogP contribution in [0.15, 0.2) is 24.8 Å². The number of hydrogen-bond donors (Lipinski definition) is 2. The predicted octanol–water partition coefficient (Wildman–Crippen LogP) is 2.56. The van der Waals surface area contributed by atoms with Crippen LogP contribution >= 0.6 is 0 Å². The molecule has 18 heavy (non-hydrogen) atoms. The minimum atomic E-state index is -1.00. The van der Waals surface area contributed by atoms with Gasteiger partial charge < -0.3 is 15.2 Å². The van der Waals surface area contributed by atoms with Crippen molar-refractivity contribution in [3.8, 4) is 5.88 Å². The molecule has 0 radical (unpaired) electrons. The third-order valence-electron chi connectivity index (χ3n) is 2.55. The lowest BCUT2D eigenvalue weighted by Crippen LogP contribution is -2.18. The summed E-state index contributed by atoms with van der Waals surface area (Å²) in [7, 11) is 1.46. The van der Waals surface area contributed by atoms with Gasteiger partial charge >= 0.3 is 5.97 Å². The number of ether oxygens (including phenoxy) is 1. The normalized spacial score (nSPS) is 11.7. The SMILES string of the molecule is C=CCC(CC)Nc1cc(C(=O)O)cc(OC)n1. The Morgan fingerprint density at radius 1 is 1.67 bits per heavy atom. The minimum Gasteiger partial charge on any atom is -0.481 e. The van der Waals surface area contributed by atoms with Crippen LogP contribution in [0.5, 0.6) is 5.88 Å². The van der Waals surface area contributed by atoms with Gasteiger partial charge in [0, 0.05) is 12.1 Å². The fraction of sp³-hybridized carbons (Fsp3) is 0.385. The van der Waals surface area contributed by atoms with E-state index in [1.807, 2.05) is 13.0 Å². The van der Waals surface area contributed by atoms with Gasteiger partial charge in [-0.05, 0) is 18.9 Å². The average Bonchev–Trinajstić information content (AvgIpc) is 2.37. The van der Waals surface area contributed by atoms with Crippen molar-refractivity contribution in [2.75, 3.05) is 12.4 Å². The molecule has 0 aliphatic carbocycles. The maximum absolute atomic E-state index is 11.0. The smallest absolute Gasteiger partial charge is 0.336 e. The van der Waals surface area contributed by atoms with E-state index in [0.29, 0.717) is 5.82 Å². The van der Waals surface area contributed by atoms with Crippen molar-refractivity contribution in [3.05, 3.63) is 30.4 Å². The van der Waals surface area contributed by atoms with E-state index >= 15 is 0 Å². The van der Waals surface area contributed by atoms with Crippen LogP contribution in [0.3, 0.4) is 0 Å². The van der Waals surface area contributed by atoms with Gasteiger partial charge in [-0.1, -0.05) is 13.0 Å². The summed E-state index contributed by atoms with van der Waals surface area (Å²) in [5.41, 5.74) is 0.151. The highest BCUT2D eigenvalue weighted by atomic mass is 16.5. The van der Waals surface area contributed by atoms with Gasteiger partial charge in [0.2, 0.25) is 5.88 Å². The molecule has 1 atom stereocenters. The van der Waals surface area contributed by atoms with E-state index in [1.54, 1.807) is 0 Å². The van der Waals surface area contributed by atoms with Gasteiger partial charge in [0.15, 0.2) is 0 Å². The molecule has 5 nitrogen and oxygen atoms in total. The first-order chi connectivity index (χ1) is 8.60. The Labute approximate surface area is 107 Å². The molecule has 0 amide bonds. The molecule has 0 aliphatic rings. The molecule has 0 spiro atoms. The van der Waals surface area contributed by atoms with Crippen LogP contribution in [0, 0.1) is 0 Å². The Morgan fingerprint density at radius 3 is 2.89 bits per heavy atom. The van der Waals surface area contributed by atoms with Crippen molar-refractivity contribution < 1.29 is 14.6 Å². The number of hydrogen-bond acceptors (Lipinski definition) is 4. The summed E-state index contributed by atoms with van der Waals surface area (Å²) in [4.78, 5) is 15.1. The van der Waals surface area contributed by atoms with Crippen LogP contribution < -0.4 is 10.1 Å². The number of nitrogens with one attached hydrogen (secondary N) is 1. The Balaban J connectivity index is 2.96. The zero-order chi connectivity index (χ0) is 13.5. The molecule has 1 rings (SSSR count). The summed E-state index contributed by atoms with van der Waals surface area (Å²) in [6.45, 7) is 5.73. The van der Waals surface area contributed by atoms with E-state index in [1.165, 1.54) is 19.2 Å². The zero-order valence-corrected chi connectivity index (χ0v) is 10.6. The molecule has 0 saturated carbocycles. The maximum Gasteiger partial charge on any atom is 0.336 e. The number of methoxy groups -OCH3 is 1. The molecule has 1 heterocycles. The molecular formula is C13H18N2O3. The molecule has 0 aliphatic heterocycles. The Bertz CT molecular complexity index is 432. The van der Waals surface area contributed by atoms with Gasteiger partial charge in [-0.2, -0.15) is 4.98 Å². The molecule has 0 aromatic carbocycles. The maximum atomic E-state index is 11.0. The van der Waals surface area contributed by atoms with Crippen LogP contribution in [0.25, 0.3) is 0 Å². The molecule has 1 aromatic heterocycles. The van der Waals surface area contributed by atoms with Crippen molar-refractivity contribution in [3.63, 3.8) is 0 Å². The predicted molar refractivity (Wildman–Crippen MR) is 70.3 cm³/mol. The number of aromatic carboxylic acids is 1. The molecule has 0 bridgehead atoms. The fourth-order valence-electron chi connectivity index (χ4n) is 1.55. The standard InChI is InChI=1S/C13H18N2O3/c1-4-6-10(5-2)14-11-7-9(13(16)17)8-12(15-11)18-3/h4,7-8,10H,1,5-6H2,2-3H3,(H,14,15)(H,16,17). The number of nitrogens with zero attached hydrogens (tertiary/aromatic N) is 1. The summed E-state index contributed by atoms with van der Waals surface area (Å²) in [6.07, 6.45) is 3.50. The average molecular weight is 250 g/mol. The summed E-state index contributed by atoms with van der Waals surface area (Å²) >= 11 is 0. The Hall–Kier alpha value is -2.04. The van der Waals surface area contributed by atoms with Gasteiger partial charge in [0.1, 0.15) is 5.82 Å². The van der Waals surface area contributed by atoms with Crippen LogP contribution in [0.4, 0.5) is 5.82 Å². The third-order valence-corrected chi connectivity index (χ3v) is 2.55. The second-order valence-electron chi connectivity index (χ2n) is 3.86. The second kappa shape index (κ2) is 6.64. The number of anilines is 1. The van der Waals surface area contributed by atoms with E-state index in [-0.39, 0.29) is 17.5 Å². The Kier molecular flexibility index (Phi) is 5.17. The van der Waals surface area contributed by atoms with E-state index in [9.17, 15) is 4.79 Å². The van der Waals surface area contributed by atoms with Gasteiger partial charge in [0.25, 0.3) is 0 Å². The quantitative estimate of drug-likeness (QED) is 0.728. The van der Waals surface area contributed by atoms with E-state index in [0.717, 1.165) is 12.8 Å². The lowest BCUT2D eigenvalue weighted by atomic mass is 10.1. The minimum absolute atomic E-state index is 0.151. The van der Waals surface area contributed by atoms with E-state index < -0.39 is 5.97 Å². The summed E-state index contributed by atoms with van der Waals surface area (Å²) in [6, 6.07) is 3.07. The summed E-state index contributed by atoms with van der Waals surface area (Å²) in [5, 5.41) is 12.2. The third kappa shape index (κ3) is 3.76. The number of carboxylic acid groups (broad SMARTS) is 1. The first-order valence-corrected chi connectivity index (χ1v) is 5.77. The van der Waals surface area contributed by atoms with Crippen molar-refractivity contribution in [2.45, 2.75) is 25.8 Å². The first kappa shape index (κ1) is 14.0. The topological polar surface area (TPSA) is 71.5 Å². The van der Waals surface area contributed by atoms with Crippen LogP contribution in [0.1, 0.15) is 30.1 Å². The number of carbonyl (C=O) groups is 1. The van der Waals surface area contributed by atoms with E-state index in [2.05, 4.69) is 16.9 Å². The van der Waals surface area contributed by atoms with Crippen molar-refractivity contribution in [2.24, 2.45) is 0 Å². The number of carboxylic acids is 1. The van der Waals surface area contributed by atoms with Gasteiger partial charge in [-0.3, -0.25) is 0 Å². The highest BCUT2D eigenvalue weighted by Gasteiger charge is 2.11. The zero-order valence-electron chi connectivity index (χ0n) is 10.6. The van der Waals surface area contributed by atoms with Gasteiger partial charge in [0.05, 0.1) is 12.7 Å². The monoisotopic (exact) mass is 250 g/mol. The molecule has 1 unspecified atom stereocenters. The van der Waals surface area contributed by atoms with Crippen molar-refractivity contribution >= 4 is 11.8 Å². The molecule has 98 valence electrons. The highest BCUT2D eigenvalue weighted by molar-refractivity contribution is 5.88. The Morgan fingerprint density at radius 2 is 2.39 bits per heavy atom. The number of pyridine rings is 1. The highest BCUT2D eigenvalue weighted by Crippen LogP contribution is 2.18. The summed E-state index contributed by atoms with van der Waals surface area (Å²) < 4.78 is 4.99. The van der Waals surface area contributed by atoms with Gasteiger partial charge in [-0.15, -0.1) is 6.58 Å². The molecule has 0 saturated heterocycles. The molecule has 1 aromatic rings. The van der Waals surface area contributed by atoms with Crippen molar-refractivity contribution in [1.29, 1.82) is 0 Å². The lowest BCUT2D eigenvalue weighted by Gasteiger charge is -2.16. The van der Waals surface area contributed by atoms with Crippen LogP contribution in [-0.4, -0.2) is 29.2 Å². The number of rotatable bonds is 7. The fourth-order valence-corrected chi connectivity index (χ4v) is 1.55. The first-order valence-electron chi connectivity index (χ1n) is 5.77.